The molecule has 5 nitrogen and oxygen atoms in total. The van der Waals surface area contributed by atoms with E-state index < -0.39 is 0 Å². The predicted octanol–water partition coefficient (Wildman–Crippen LogP) is 1.23. The zero-order chi connectivity index (χ0) is 14.7. The van der Waals surface area contributed by atoms with E-state index in [2.05, 4.69) is 29.2 Å². The second-order valence-corrected chi connectivity index (χ2v) is 5.65. The van der Waals surface area contributed by atoms with Crippen molar-refractivity contribution in [3.8, 4) is 0 Å². The van der Waals surface area contributed by atoms with Crippen LogP contribution in [-0.4, -0.2) is 55.0 Å². The fraction of sp³-hybridized carbons (Fsp3) is 0.533. The maximum Gasteiger partial charge on any atom is 0.241 e. The van der Waals surface area contributed by atoms with Crippen molar-refractivity contribution >= 4 is 17.3 Å². The third kappa shape index (κ3) is 3.29. The first-order chi connectivity index (χ1) is 9.49. The van der Waals surface area contributed by atoms with Gasteiger partial charge in [0.05, 0.1) is 17.4 Å². The number of rotatable bonds is 4. The quantitative estimate of drug-likeness (QED) is 0.812. The number of likely N-dealkylation sites (tertiary alicyclic amines) is 1. The van der Waals surface area contributed by atoms with E-state index in [1.165, 1.54) is 0 Å². The summed E-state index contributed by atoms with van der Waals surface area (Å²) in [7, 11) is 4.17. The van der Waals surface area contributed by atoms with E-state index in [4.69, 9.17) is 5.73 Å². The maximum atomic E-state index is 12.3. The molecule has 0 spiro atoms. The molecule has 1 aromatic carbocycles. The lowest BCUT2D eigenvalue weighted by molar-refractivity contribution is -0.120. The third-order valence-corrected chi connectivity index (χ3v) is 4.07. The minimum atomic E-state index is -0.139. The van der Waals surface area contributed by atoms with Crippen molar-refractivity contribution in [2.75, 3.05) is 38.2 Å². The summed E-state index contributed by atoms with van der Waals surface area (Å²) in [6.45, 7) is 3.85. The van der Waals surface area contributed by atoms with Gasteiger partial charge in [-0.2, -0.15) is 0 Å². The number of nitrogen functional groups attached to an aromatic ring is 1. The van der Waals surface area contributed by atoms with E-state index in [0.29, 0.717) is 17.4 Å². The van der Waals surface area contributed by atoms with Gasteiger partial charge in [-0.05, 0) is 39.6 Å². The molecule has 1 aliphatic heterocycles. The van der Waals surface area contributed by atoms with Crippen LogP contribution in [0.2, 0.25) is 0 Å². The fourth-order valence-corrected chi connectivity index (χ4v) is 2.56. The molecule has 1 fully saturated rings. The lowest BCUT2D eigenvalue weighted by Crippen LogP contribution is -2.42. The Morgan fingerprint density at radius 1 is 1.45 bits per heavy atom. The van der Waals surface area contributed by atoms with Gasteiger partial charge >= 0.3 is 0 Å². The number of hydrogen-bond acceptors (Lipinski definition) is 4. The standard InChI is InChI=1S/C15H24N4O/c1-11(19-9-8-12(10-19)18(2)3)15(20)17-14-7-5-4-6-13(14)16/h4-7,11-12H,8-10,16H2,1-3H3,(H,17,20). The van der Waals surface area contributed by atoms with Crippen molar-refractivity contribution in [1.82, 2.24) is 9.80 Å². The van der Waals surface area contributed by atoms with Gasteiger partial charge in [-0.15, -0.1) is 0 Å². The first-order valence-electron chi connectivity index (χ1n) is 7.05. The molecule has 0 aromatic heterocycles. The lowest BCUT2D eigenvalue weighted by Gasteiger charge is -2.25. The van der Waals surface area contributed by atoms with Crippen LogP contribution >= 0.6 is 0 Å². The number of nitrogens with two attached hydrogens (primary N) is 1. The smallest absolute Gasteiger partial charge is 0.241 e. The van der Waals surface area contributed by atoms with Crippen molar-refractivity contribution in [3.63, 3.8) is 0 Å². The van der Waals surface area contributed by atoms with Gasteiger partial charge in [-0.3, -0.25) is 9.69 Å². The Morgan fingerprint density at radius 3 is 2.75 bits per heavy atom. The molecule has 1 aliphatic rings. The summed E-state index contributed by atoms with van der Waals surface area (Å²) >= 11 is 0. The Bertz CT molecular complexity index is 475. The molecule has 3 N–H and O–H groups in total. The summed E-state index contributed by atoms with van der Waals surface area (Å²) in [4.78, 5) is 16.7. The number of para-hydroxylation sites is 2. The normalized spacial score (nSPS) is 21.1. The topological polar surface area (TPSA) is 61.6 Å². The molecular weight excluding hydrogens is 252 g/mol. The largest absolute Gasteiger partial charge is 0.397 e. The SMILES string of the molecule is CC(C(=O)Nc1ccccc1N)N1CCC(N(C)C)C1. The first kappa shape index (κ1) is 14.8. The Morgan fingerprint density at radius 2 is 2.15 bits per heavy atom. The highest BCUT2D eigenvalue weighted by Crippen LogP contribution is 2.20. The van der Waals surface area contributed by atoms with Gasteiger partial charge in [-0.25, -0.2) is 0 Å². The van der Waals surface area contributed by atoms with Crippen LogP contribution in [0.5, 0.6) is 0 Å². The number of anilines is 2. The minimum Gasteiger partial charge on any atom is -0.397 e. The Balaban J connectivity index is 1.95. The van der Waals surface area contributed by atoms with E-state index in [1.54, 1.807) is 6.07 Å². The molecule has 1 amide bonds. The van der Waals surface area contributed by atoms with Crippen LogP contribution in [0.15, 0.2) is 24.3 Å². The zero-order valence-electron chi connectivity index (χ0n) is 12.5. The predicted molar refractivity (Wildman–Crippen MR) is 82.6 cm³/mol. The summed E-state index contributed by atoms with van der Waals surface area (Å²) in [5.74, 6) is 0.00214. The highest BCUT2D eigenvalue weighted by Gasteiger charge is 2.30. The van der Waals surface area contributed by atoms with Gasteiger partial charge in [-0.1, -0.05) is 12.1 Å². The number of benzene rings is 1. The van der Waals surface area contributed by atoms with E-state index in [0.717, 1.165) is 19.5 Å². The number of carbonyl (C=O) groups excluding carboxylic acids is 1. The molecule has 110 valence electrons. The van der Waals surface area contributed by atoms with Crippen LogP contribution in [-0.2, 0) is 4.79 Å². The van der Waals surface area contributed by atoms with Gasteiger partial charge in [0.1, 0.15) is 0 Å². The van der Waals surface area contributed by atoms with Gasteiger partial charge < -0.3 is 16.0 Å². The van der Waals surface area contributed by atoms with Gasteiger partial charge in [0, 0.05) is 19.1 Å². The van der Waals surface area contributed by atoms with Gasteiger partial charge in [0.2, 0.25) is 5.91 Å². The molecule has 1 heterocycles. The van der Waals surface area contributed by atoms with Gasteiger partial charge in [0.25, 0.3) is 0 Å². The van der Waals surface area contributed by atoms with Crippen molar-refractivity contribution in [1.29, 1.82) is 0 Å². The van der Waals surface area contributed by atoms with Gasteiger partial charge in [0.15, 0.2) is 0 Å². The molecule has 1 saturated heterocycles. The summed E-state index contributed by atoms with van der Waals surface area (Å²) in [6, 6.07) is 7.74. The summed E-state index contributed by atoms with van der Waals surface area (Å²) in [5.41, 5.74) is 7.13. The lowest BCUT2D eigenvalue weighted by atomic mass is 10.2. The van der Waals surface area contributed by atoms with Crippen LogP contribution in [0.1, 0.15) is 13.3 Å². The van der Waals surface area contributed by atoms with E-state index >= 15 is 0 Å². The van der Waals surface area contributed by atoms with Crippen molar-refractivity contribution < 1.29 is 4.79 Å². The monoisotopic (exact) mass is 276 g/mol. The second kappa shape index (κ2) is 6.24. The first-order valence-corrected chi connectivity index (χ1v) is 7.05. The van der Waals surface area contributed by atoms with E-state index in [9.17, 15) is 4.79 Å². The Kier molecular flexibility index (Phi) is 4.62. The highest BCUT2D eigenvalue weighted by molar-refractivity contribution is 5.97. The van der Waals surface area contributed by atoms with Crippen molar-refractivity contribution in [2.45, 2.75) is 25.4 Å². The number of hydrogen-bond donors (Lipinski definition) is 2. The summed E-state index contributed by atoms with van der Waals surface area (Å²) in [5, 5.41) is 2.91. The van der Waals surface area contributed by atoms with Crippen LogP contribution in [0, 0.1) is 0 Å². The molecular formula is C15H24N4O. The molecule has 1 aromatic rings. The number of nitrogens with one attached hydrogen (secondary N) is 1. The Hall–Kier alpha value is -1.59. The minimum absolute atomic E-state index is 0.00214. The maximum absolute atomic E-state index is 12.3. The highest BCUT2D eigenvalue weighted by atomic mass is 16.2. The number of nitrogens with zero attached hydrogens (tertiary/aromatic N) is 2. The third-order valence-electron chi connectivity index (χ3n) is 4.07. The van der Waals surface area contributed by atoms with Crippen LogP contribution in [0.3, 0.4) is 0 Å². The molecule has 0 bridgehead atoms. The molecule has 5 heteroatoms. The average molecular weight is 276 g/mol. The molecule has 20 heavy (non-hydrogen) atoms. The number of carbonyl (C=O) groups is 1. The zero-order valence-corrected chi connectivity index (χ0v) is 12.5. The Labute approximate surface area is 120 Å². The molecule has 2 unspecified atom stereocenters. The number of likely N-dealkylation sites (N-methyl/N-ethyl adjacent to an activating group) is 1. The summed E-state index contributed by atoms with van der Waals surface area (Å²) < 4.78 is 0. The van der Waals surface area contributed by atoms with Crippen molar-refractivity contribution in [2.24, 2.45) is 0 Å². The molecule has 0 aliphatic carbocycles. The van der Waals surface area contributed by atoms with Crippen molar-refractivity contribution in [3.05, 3.63) is 24.3 Å². The molecule has 2 rings (SSSR count). The average Bonchev–Trinajstić information content (AvgIpc) is 2.90. The van der Waals surface area contributed by atoms with E-state index in [1.807, 2.05) is 25.1 Å². The van der Waals surface area contributed by atoms with Crippen LogP contribution in [0.4, 0.5) is 11.4 Å². The van der Waals surface area contributed by atoms with Crippen LogP contribution < -0.4 is 11.1 Å². The van der Waals surface area contributed by atoms with E-state index in [-0.39, 0.29) is 11.9 Å². The fourth-order valence-electron chi connectivity index (χ4n) is 2.56. The molecule has 2 atom stereocenters. The molecule has 0 radical (unpaired) electrons. The summed E-state index contributed by atoms with van der Waals surface area (Å²) in [6.07, 6.45) is 1.11. The second-order valence-electron chi connectivity index (χ2n) is 5.65. The molecule has 0 saturated carbocycles. The van der Waals surface area contributed by atoms with Crippen LogP contribution in [0.25, 0.3) is 0 Å². The number of amides is 1.